The van der Waals surface area contributed by atoms with Gasteiger partial charge in [0.2, 0.25) is 0 Å². The minimum absolute atomic E-state index is 0.229. The van der Waals surface area contributed by atoms with Crippen LogP contribution >= 0.6 is 46.6 Å². The van der Waals surface area contributed by atoms with Crippen molar-refractivity contribution in [3.63, 3.8) is 0 Å². The number of thioether (sulfide) groups is 1. The van der Waals surface area contributed by atoms with Crippen molar-refractivity contribution >= 4 is 68.8 Å². The van der Waals surface area contributed by atoms with Gasteiger partial charge in [-0.05, 0) is 46.9 Å². The summed E-state index contributed by atoms with van der Waals surface area (Å²) in [5, 5.41) is 0. The molecule has 0 aliphatic carbocycles. The van der Waals surface area contributed by atoms with Crippen molar-refractivity contribution in [2.24, 2.45) is 0 Å². The SMILES string of the molecule is O=C1/C(=C\c2ccco2)SC(=S)N1C(=O)c1ccccc1I. The highest BCUT2D eigenvalue weighted by atomic mass is 127. The first-order valence-electron chi connectivity index (χ1n) is 6.18. The number of benzene rings is 1. The molecular weight excluding hydrogens is 433 g/mol. The van der Waals surface area contributed by atoms with Crippen LogP contribution < -0.4 is 0 Å². The molecule has 0 atom stereocenters. The van der Waals surface area contributed by atoms with Gasteiger partial charge < -0.3 is 4.42 Å². The van der Waals surface area contributed by atoms with Crippen molar-refractivity contribution in [1.29, 1.82) is 0 Å². The average Bonchev–Trinajstić information content (AvgIpc) is 3.08. The maximum absolute atomic E-state index is 12.6. The van der Waals surface area contributed by atoms with Gasteiger partial charge in [0.15, 0.2) is 4.32 Å². The smallest absolute Gasteiger partial charge is 0.273 e. The molecule has 0 N–H and O–H groups in total. The van der Waals surface area contributed by atoms with Gasteiger partial charge in [0.05, 0.1) is 16.7 Å². The standard InChI is InChI=1S/C15H8INO3S2/c16-11-6-2-1-5-10(11)13(18)17-14(19)12(22-15(17)21)8-9-4-3-7-20-9/h1-8H/b12-8+. The fourth-order valence-electron chi connectivity index (χ4n) is 1.90. The molecule has 22 heavy (non-hydrogen) atoms. The zero-order chi connectivity index (χ0) is 15.7. The van der Waals surface area contributed by atoms with Crippen molar-refractivity contribution in [2.45, 2.75) is 0 Å². The van der Waals surface area contributed by atoms with Gasteiger partial charge in [-0.15, -0.1) is 0 Å². The Morgan fingerprint density at radius 3 is 2.73 bits per heavy atom. The van der Waals surface area contributed by atoms with Gasteiger partial charge in [0.1, 0.15) is 5.76 Å². The molecule has 0 saturated carbocycles. The van der Waals surface area contributed by atoms with Crippen LogP contribution in [0.25, 0.3) is 6.08 Å². The van der Waals surface area contributed by atoms with Crippen molar-refractivity contribution in [1.82, 2.24) is 4.90 Å². The molecule has 0 spiro atoms. The monoisotopic (exact) mass is 441 g/mol. The zero-order valence-corrected chi connectivity index (χ0v) is 14.8. The van der Waals surface area contributed by atoms with E-state index in [0.29, 0.717) is 16.2 Å². The molecule has 1 aromatic heterocycles. The van der Waals surface area contributed by atoms with Gasteiger partial charge in [-0.1, -0.05) is 36.1 Å². The topological polar surface area (TPSA) is 50.5 Å². The first-order chi connectivity index (χ1) is 10.6. The molecule has 0 unspecified atom stereocenters. The third-order valence-electron chi connectivity index (χ3n) is 2.92. The molecule has 110 valence electrons. The summed E-state index contributed by atoms with van der Waals surface area (Å²) in [6.45, 7) is 0. The zero-order valence-electron chi connectivity index (χ0n) is 11.0. The lowest BCUT2D eigenvalue weighted by Crippen LogP contribution is -2.35. The van der Waals surface area contributed by atoms with Crippen molar-refractivity contribution in [3.8, 4) is 0 Å². The van der Waals surface area contributed by atoms with E-state index in [2.05, 4.69) is 22.6 Å². The molecule has 7 heteroatoms. The van der Waals surface area contributed by atoms with E-state index in [1.165, 1.54) is 6.26 Å². The van der Waals surface area contributed by atoms with Gasteiger partial charge >= 0.3 is 0 Å². The fourth-order valence-corrected chi connectivity index (χ4v) is 3.75. The highest BCUT2D eigenvalue weighted by molar-refractivity contribution is 14.1. The Bertz CT molecular complexity index is 799. The lowest BCUT2D eigenvalue weighted by atomic mass is 10.2. The lowest BCUT2D eigenvalue weighted by molar-refractivity contribution is -0.120. The normalized spacial score (nSPS) is 16.6. The molecular formula is C15H8INO3S2. The summed E-state index contributed by atoms with van der Waals surface area (Å²) < 4.78 is 6.19. The number of imide groups is 1. The molecule has 1 aromatic carbocycles. The molecule has 1 saturated heterocycles. The van der Waals surface area contributed by atoms with Crippen LogP contribution in [0.3, 0.4) is 0 Å². The number of hydrogen-bond donors (Lipinski definition) is 0. The van der Waals surface area contributed by atoms with E-state index in [9.17, 15) is 9.59 Å². The van der Waals surface area contributed by atoms with Crippen LogP contribution in [0.15, 0.2) is 52.0 Å². The number of carbonyl (C=O) groups is 2. The summed E-state index contributed by atoms with van der Waals surface area (Å²) >= 11 is 8.34. The molecule has 1 aliphatic rings. The number of nitrogens with zero attached hydrogens (tertiary/aromatic N) is 1. The highest BCUT2D eigenvalue weighted by Crippen LogP contribution is 2.34. The van der Waals surface area contributed by atoms with Gasteiger partial charge in [-0.25, -0.2) is 4.90 Å². The molecule has 0 radical (unpaired) electrons. The van der Waals surface area contributed by atoms with E-state index in [-0.39, 0.29) is 4.32 Å². The van der Waals surface area contributed by atoms with Crippen LogP contribution in [0.5, 0.6) is 0 Å². The second-order valence-electron chi connectivity index (χ2n) is 4.32. The Balaban J connectivity index is 1.92. The summed E-state index contributed by atoms with van der Waals surface area (Å²) in [5.74, 6) is -0.284. The molecule has 2 amide bonds. The number of carbonyl (C=O) groups excluding carboxylic acids is 2. The van der Waals surface area contributed by atoms with Crippen LogP contribution in [0, 0.1) is 3.57 Å². The van der Waals surface area contributed by atoms with Crippen LogP contribution in [0.4, 0.5) is 0 Å². The predicted octanol–water partition coefficient (Wildman–Crippen LogP) is 3.93. The molecule has 1 aliphatic heterocycles. The summed E-state index contributed by atoms with van der Waals surface area (Å²) in [5.41, 5.74) is 0.457. The lowest BCUT2D eigenvalue weighted by Gasteiger charge is -2.13. The maximum Gasteiger partial charge on any atom is 0.273 e. The quantitative estimate of drug-likeness (QED) is 0.306. The second-order valence-corrected chi connectivity index (χ2v) is 7.16. The van der Waals surface area contributed by atoms with Crippen molar-refractivity contribution in [2.75, 3.05) is 0 Å². The number of thiocarbonyl (C=S) groups is 1. The van der Waals surface area contributed by atoms with E-state index >= 15 is 0 Å². The van der Waals surface area contributed by atoms with Gasteiger partial charge in [-0.3, -0.25) is 9.59 Å². The Kier molecular flexibility index (Phi) is 4.46. The molecule has 4 nitrogen and oxygen atoms in total. The summed E-state index contributed by atoms with van der Waals surface area (Å²) in [7, 11) is 0. The minimum atomic E-state index is -0.420. The molecule has 2 heterocycles. The molecule has 1 fully saturated rings. The van der Waals surface area contributed by atoms with Crippen LogP contribution in [-0.4, -0.2) is 21.0 Å². The minimum Gasteiger partial charge on any atom is -0.465 e. The van der Waals surface area contributed by atoms with E-state index in [0.717, 1.165) is 20.2 Å². The fraction of sp³-hybridized carbons (Fsp3) is 0. The maximum atomic E-state index is 12.6. The second kappa shape index (κ2) is 6.35. The number of halogens is 1. The first kappa shape index (κ1) is 15.4. The van der Waals surface area contributed by atoms with Crippen molar-refractivity contribution in [3.05, 3.63) is 62.5 Å². The largest absolute Gasteiger partial charge is 0.465 e. The predicted molar refractivity (Wildman–Crippen MR) is 97.2 cm³/mol. The van der Waals surface area contributed by atoms with Crippen LogP contribution in [-0.2, 0) is 4.79 Å². The highest BCUT2D eigenvalue weighted by Gasteiger charge is 2.37. The Morgan fingerprint density at radius 1 is 1.27 bits per heavy atom. The third kappa shape index (κ3) is 2.88. The van der Waals surface area contributed by atoms with Crippen LogP contribution in [0.2, 0.25) is 0 Å². The van der Waals surface area contributed by atoms with E-state index in [1.54, 1.807) is 30.3 Å². The molecule has 3 rings (SSSR count). The number of amides is 2. The number of furan rings is 1. The van der Waals surface area contributed by atoms with Gasteiger partial charge in [0, 0.05) is 9.65 Å². The van der Waals surface area contributed by atoms with Crippen molar-refractivity contribution < 1.29 is 14.0 Å². The van der Waals surface area contributed by atoms with Crippen LogP contribution in [0.1, 0.15) is 16.1 Å². The number of hydrogen-bond acceptors (Lipinski definition) is 5. The summed E-state index contributed by atoms with van der Waals surface area (Å²) in [6, 6.07) is 10.5. The Morgan fingerprint density at radius 2 is 2.05 bits per heavy atom. The number of rotatable bonds is 2. The van der Waals surface area contributed by atoms with Gasteiger partial charge in [0.25, 0.3) is 11.8 Å². The summed E-state index contributed by atoms with van der Waals surface area (Å²) in [4.78, 5) is 26.4. The van der Waals surface area contributed by atoms with Gasteiger partial charge in [-0.2, -0.15) is 0 Å². The molecule has 2 aromatic rings. The molecule has 0 bridgehead atoms. The first-order valence-corrected chi connectivity index (χ1v) is 8.48. The van der Waals surface area contributed by atoms with E-state index < -0.39 is 11.8 Å². The average molecular weight is 441 g/mol. The Hall–Kier alpha value is -1.45. The van der Waals surface area contributed by atoms with E-state index in [4.69, 9.17) is 16.6 Å². The third-order valence-corrected chi connectivity index (χ3v) is 5.16. The Labute approximate surface area is 149 Å². The summed E-state index contributed by atoms with van der Waals surface area (Å²) in [6.07, 6.45) is 3.10. The van der Waals surface area contributed by atoms with E-state index in [1.807, 2.05) is 12.1 Å².